The molecule has 2 heterocycles. The van der Waals surface area contributed by atoms with E-state index in [1.807, 2.05) is 12.1 Å². The number of hydrogen-bond donors (Lipinski definition) is 1. The number of nitrogens with two attached hydrogens (primary N) is 1. The molecule has 2 rings (SSSR count). The van der Waals surface area contributed by atoms with E-state index in [9.17, 15) is 0 Å². The average Bonchev–Trinajstić information content (AvgIpc) is 2.74. The molecule has 1 saturated heterocycles. The number of nitrogens with zero attached hydrogens (tertiary/aromatic N) is 1. The second kappa shape index (κ2) is 5.48. The highest BCUT2D eigenvalue weighted by molar-refractivity contribution is 4.97. The first kappa shape index (κ1) is 11.6. The Morgan fingerprint density at radius 2 is 2.44 bits per heavy atom. The van der Waals surface area contributed by atoms with Crippen LogP contribution >= 0.6 is 0 Å². The Hall–Kier alpha value is -0.840. The summed E-state index contributed by atoms with van der Waals surface area (Å²) in [5, 5.41) is 0. The van der Waals surface area contributed by atoms with Crippen LogP contribution in [0.1, 0.15) is 12.2 Å². The third-order valence-electron chi connectivity index (χ3n) is 3.08. The summed E-state index contributed by atoms with van der Waals surface area (Å²) in [5.74, 6) is 1.43. The van der Waals surface area contributed by atoms with Crippen LogP contribution in [0.15, 0.2) is 22.8 Å². The summed E-state index contributed by atoms with van der Waals surface area (Å²) in [4.78, 5) is 2.23. The summed E-state index contributed by atoms with van der Waals surface area (Å²) in [6, 6.07) is 4.18. The standard InChI is InChI=1S/C12H20N2O2/c1-14(8-11-3-2-5-16-11)7-10-9-15-6-4-12(10)13/h2-3,5,10,12H,4,6-9,13H2,1H3. The third-order valence-corrected chi connectivity index (χ3v) is 3.08. The maximum absolute atomic E-state index is 6.07. The lowest BCUT2D eigenvalue weighted by Crippen LogP contribution is -2.44. The van der Waals surface area contributed by atoms with E-state index < -0.39 is 0 Å². The van der Waals surface area contributed by atoms with Crippen molar-refractivity contribution in [3.8, 4) is 0 Å². The molecule has 2 N–H and O–H groups in total. The molecule has 0 amide bonds. The monoisotopic (exact) mass is 224 g/mol. The van der Waals surface area contributed by atoms with Crippen molar-refractivity contribution < 1.29 is 9.15 Å². The maximum Gasteiger partial charge on any atom is 0.117 e. The molecule has 1 aromatic rings. The van der Waals surface area contributed by atoms with Crippen LogP contribution in [0.25, 0.3) is 0 Å². The van der Waals surface area contributed by atoms with Gasteiger partial charge in [-0.3, -0.25) is 4.90 Å². The van der Waals surface area contributed by atoms with Crippen molar-refractivity contribution in [1.82, 2.24) is 4.90 Å². The van der Waals surface area contributed by atoms with Crippen LogP contribution in [0.2, 0.25) is 0 Å². The topological polar surface area (TPSA) is 51.6 Å². The van der Waals surface area contributed by atoms with Crippen molar-refractivity contribution in [2.45, 2.75) is 19.0 Å². The second-order valence-corrected chi connectivity index (χ2v) is 4.56. The van der Waals surface area contributed by atoms with Crippen LogP contribution < -0.4 is 5.73 Å². The smallest absolute Gasteiger partial charge is 0.117 e. The van der Waals surface area contributed by atoms with Gasteiger partial charge in [-0.05, 0) is 25.6 Å². The van der Waals surface area contributed by atoms with Gasteiger partial charge in [0.15, 0.2) is 0 Å². The Labute approximate surface area is 96.4 Å². The van der Waals surface area contributed by atoms with Crippen molar-refractivity contribution in [2.75, 3.05) is 26.8 Å². The van der Waals surface area contributed by atoms with Gasteiger partial charge in [-0.25, -0.2) is 0 Å². The lowest BCUT2D eigenvalue weighted by molar-refractivity contribution is 0.0278. The Morgan fingerprint density at radius 3 is 3.12 bits per heavy atom. The molecule has 0 aromatic carbocycles. The van der Waals surface area contributed by atoms with Gasteiger partial charge in [0, 0.05) is 25.1 Å². The van der Waals surface area contributed by atoms with Crippen molar-refractivity contribution in [3.05, 3.63) is 24.2 Å². The first-order valence-electron chi connectivity index (χ1n) is 5.80. The van der Waals surface area contributed by atoms with E-state index in [0.29, 0.717) is 5.92 Å². The fraction of sp³-hybridized carbons (Fsp3) is 0.667. The van der Waals surface area contributed by atoms with E-state index in [1.165, 1.54) is 0 Å². The Balaban J connectivity index is 1.79. The van der Waals surface area contributed by atoms with Crippen LogP contribution in [0, 0.1) is 5.92 Å². The van der Waals surface area contributed by atoms with Crippen LogP contribution in [0.5, 0.6) is 0 Å². The lowest BCUT2D eigenvalue weighted by Gasteiger charge is -2.31. The minimum atomic E-state index is 0.271. The molecule has 2 atom stereocenters. The Kier molecular flexibility index (Phi) is 3.98. The zero-order valence-electron chi connectivity index (χ0n) is 9.76. The van der Waals surface area contributed by atoms with Gasteiger partial charge in [-0.1, -0.05) is 0 Å². The van der Waals surface area contributed by atoms with E-state index in [4.69, 9.17) is 14.9 Å². The molecule has 0 spiro atoms. The minimum absolute atomic E-state index is 0.271. The Morgan fingerprint density at radius 1 is 1.56 bits per heavy atom. The third kappa shape index (κ3) is 3.07. The van der Waals surface area contributed by atoms with Crippen molar-refractivity contribution >= 4 is 0 Å². The summed E-state index contributed by atoms with van der Waals surface area (Å²) in [6.07, 6.45) is 2.68. The lowest BCUT2D eigenvalue weighted by atomic mass is 9.96. The number of hydrogen-bond acceptors (Lipinski definition) is 4. The summed E-state index contributed by atoms with van der Waals surface area (Å²) < 4.78 is 10.8. The van der Waals surface area contributed by atoms with Crippen molar-refractivity contribution in [2.24, 2.45) is 11.7 Å². The van der Waals surface area contributed by atoms with Gasteiger partial charge in [0.1, 0.15) is 5.76 Å². The van der Waals surface area contributed by atoms with E-state index in [2.05, 4.69) is 11.9 Å². The molecule has 1 aromatic heterocycles. The van der Waals surface area contributed by atoms with Crippen LogP contribution in [-0.4, -0.2) is 37.7 Å². The quantitative estimate of drug-likeness (QED) is 0.831. The SMILES string of the molecule is CN(Cc1ccco1)CC1COCCC1N. The molecular formula is C12H20N2O2. The van der Waals surface area contributed by atoms with Crippen LogP contribution in [-0.2, 0) is 11.3 Å². The van der Waals surface area contributed by atoms with Gasteiger partial charge in [0.2, 0.25) is 0 Å². The average molecular weight is 224 g/mol. The first-order chi connectivity index (χ1) is 7.75. The van der Waals surface area contributed by atoms with Gasteiger partial charge in [0.25, 0.3) is 0 Å². The molecular weight excluding hydrogens is 204 g/mol. The summed E-state index contributed by atoms with van der Waals surface area (Å²) in [7, 11) is 2.09. The fourth-order valence-electron chi connectivity index (χ4n) is 2.13. The van der Waals surface area contributed by atoms with E-state index in [-0.39, 0.29) is 6.04 Å². The highest BCUT2D eigenvalue weighted by Crippen LogP contribution is 2.15. The number of ether oxygens (including phenoxy) is 1. The van der Waals surface area contributed by atoms with E-state index in [0.717, 1.165) is 38.5 Å². The fourth-order valence-corrected chi connectivity index (χ4v) is 2.13. The summed E-state index contributed by atoms with van der Waals surface area (Å²) in [6.45, 7) is 3.38. The van der Waals surface area contributed by atoms with Gasteiger partial charge in [-0.2, -0.15) is 0 Å². The molecule has 1 aliphatic rings. The predicted molar refractivity (Wildman–Crippen MR) is 61.9 cm³/mol. The molecule has 1 aliphatic heterocycles. The normalized spacial score (nSPS) is 26.2. The zero-order chi connectivity index (χ0) is 11.4. The zero-order valence-corrected chi connectivity index (χ0v) is 9.76. The van der Waals surface area contributed by atoms with Gasteiger partial charge in [-0.15, -0.1) is 0 Å². The van der Waals surface area contributed by atoms with E-state index in [1.54, 1.807) is 6.26 Å². The Bertz CT molecular complexity index is 300. The van der Waals surface area contributed by atoms with Crippen LogP contribution in [0.4, 0.5) is 0 Å². The first-order valence-corrected chi connectivity index (χ1v) is 5.80. The van der Waals surface area contributed by atoms with Crippen molar-refractivity contribution in [1.29, 1.82) is 0 Å². The molecule has 0 bridgehead atoms. The van der Waals surface area contributed by atoms with E-state index >= 15 is 0 Å². The highest BCUT2D eigenvalue weighted by atomic mass is 16.5. The van der Waals surface area contributed by atoms with Gasteiger partial charge < -0.3 is 14.9 Å². The molecule has 90 valence electrons. The maximum atomic E-state index is 6.07. The number of rotatable bonds is 4. The summed E-state index contributed by atoms with van der Waals surface area (Å²) in [5.41, 5.74) is 6.07. The largest absolute Gasteiger partial charge is 0.468 e. The van der Waals surface area contributed by atoms with Crippen LogP contribution in [0.3, 0.4) is 0 Å². The van der Waals surface area contributed by atoms with Crippen molar-refractivity contribution in [3.63, 3.8) is 0 Å². The minimum Gasteiger partial charge on any atom is -0.468 e. The van der Waals surface area contributed by atoms with Gasteiger partial charge in [0.05, 0.1) is 19.4 Å². The predicted octanol–water partition coefficient (Wildman–Crippen LogP) is 1.08. The molecule has 2 unspecified atom stereocenters. The molecule has 16 heavy (non-hydrogen) atoms. The van der Waals surface area contributed by atoms with Gasteiger partial charge >= 0.3 is 0 Å². The summed E-state index contributed by atoms with van der Waals surface area (Å²) >= 11 is 0. The molecule has 4 heteroatoms. The molecule has 4 nitrogen and oxygen atoms in total. The number of furan rings is 1. The molecule has 0 radical (unpaired) electrons. The molecule has 0 aliphatic carbocycles. The molecule has 0 saturated carbocycles. The second-order valence-electron chi connectivity index (χ2n) is 4.56. The molecule has 1 fully saturated rings. The highest BCUT2D eigenvalue weighted by Gasteiger charge is 2.23.